The maximum absolute atomic E-state index is 13.5. The molecule has 0 amide bonds. The van der Waals surface area contributed by atoms with Crippen molar-refractivity contribution in [1.29, 1.82) is 0 Å². The average molecular weight is 250 g/mol. The SMILES string of the molecule is COc1ccc(C(=O)c2cscc2C)cc1F. The van der Waals surface area contributed by atoms with Gasteiger partial charge in [0.05, 0.1) is 7.11 Å². The van der Waals surface area contributed by atoms with Gasteiger partial charge in [0.1, 0.15) is 0 Å². The molecule has 17 heavy (non-hydrogen) atoms. The van der Waals surface area contributed by atoms with Gasteiger partial charge in [-0.2, -0.15) is 11.3 Å². The van der Waals surface area contributed by atoms with Crippen LogP contribution in [0.15, 0.2) is 29.0 Å². The molecule has 0 N–H and O–H groups in total. The summed E-state index contributed by atoms with van der Waals surface area (Å²) in [6.45, 7) is 1.86. The Labute approximate surface area is 103 Å². The van der Waals surface area contributed by atoms with Crippen LogP contribution in [0.2, 0.25) is 0 Å². The van der Waals surface area contributed by atoms with Crippen molar-refractivity contribution in [2.45, 2.75) is 6.92 Å². The molecule has 1 heterocycles. The molecule has 0 unspecified atom stereocenters. The number of ketones is 1. The Bertz CT molecular complexity index is 560. The van der Waals surface area contributed by atoms with Crippen molar-refractivity contribution >= 4 is 17.1 Å². The highest BCUT2D eigenvalue weighted by Gasteiger charge is 2.14. The minimum atomic E-state index is -0.522. The predicted octanol–water partition coefficient (Wildman–Crippen LogP) is 3.44. The fourth-order valence-corrected chi connectivity index (χ4v) is 2.38. The Balaban J connectivity index is 2.39. The Morgan fingerprint density at radius 2 is 2.12 bits per heavy atom. The van der Waals surface area contributed by atoms with Gasteiger partial charge in [0.25, 0.3) is 0 Å². The van der Waals surface area contributed by atoms with E-state index < -0.39 is 5.82 Å². The van der Waals surface area contributed by atoms with Crippen LogP contribution in [0.5, 0.6) is 5.75 Å². The first kappa shape index (κ1) is 11.8. The third-order valence-electron chi connectivity index (χ3n) is 2.51. The molecule has 0 bridgehead atoms. The van der Waals surface area contributed by atoms with Crippen LogP contribution in [0.4, 0.5) is 4.39 Å². The standard InChI is InChI=1S/C13H11FO2S/c1-8-6-17-7-10(8)13(15)9-3-4-12(16-2)11(14)5-9/h3-7H,1-2H3. The highest BCUT2D eigenvalue weighted by molar-refractivity contribution is 7.08. The number of hydrogen-bond donors (Lipinski definition) is 0. The van der Waals surface area contributed by atoms with Crippen LogP contribution in [0.1, 0.15) is 21.5 Å². The monoisotopic (exact) mass is 250 g/mol. The number of rotatable bonds is 3. The van der Waals surface area contributed by atoms with Gasteiger partial charge in [-0.05, 0) is 36.1 Å². The second-order valence-electron chi connectivity index (χ2n) is 3.65. The molecule has 1 aromatic heterocycles. The molecule has 0 fully saturated rings. The van der Waals surface area contributed by atoms with E-state index >= 15 is 0 Å². The summed E-state index contributed by atoms with van der Waals surface area (Å²) in [4.78, 5) is 12.1. The van der Waals surface area contributed by atoms with Gasteiger partial charge >= 0.3 is 0 Å². The summed E-state index contributed by atoms with van der Waals surface area (Å²) in [5, 5.41) is 3.67. The zero-order valence-corrected chi connectivity index (χ0v) is 10.3. The smallest absolute Gasteiger partial charge is 0.194 e. The molecule has 0 aliphatic carbocycles. The van der Waals surface area contributed by atoms with Gasteiger partial charge in [-0.1, -0.05) is 0 Å². The Morgan fingerprint density at radius 1 is 1.35 bits per heavy atom. The van der Waals surface area contributed by atoms with Crippen molar-refractivity contribution in [2.24, 2.45) is 0 Å². The lowest BCUT2D eigenvalue weighted by molar-refractivity contribution is 0.103. The van der Waals surface area contributed by atoms with Crippen LogP contribution < -0.4 is 4.74 Å². The fraction of sp³-hybridized carbons (Fsp3) is 0.154. The van der Waals surface area contributed by atoms with Crippen molar-refractivity contribution < 1.29 is 13.9 Å². The maximum atomic E-state index is 13.5. The van der Waals surface area contributed by atoms with E-state index in [0.717, 1.165) is 5.56 Å². The summed E-state index contributed by atoms with van der Waals surface area (Å²) in [5.74, 6) is -0.542. The lowest BCUT2D eigenvalue weighted by atomic mass is 10.0. The van der Waals surface area contributed by atoms with Gasteiger partial charge in [0.15, 0.2) is 17.3 Å². The molecule has 0 atom stereocenters. The van der Waals surface area contributed by atoms with E-state index in [0.29, 0.717) is 11.1 Å². The molecular weight excluding hydrogens is 239 g/mol. The van der Waals surface area contributed by atoms with Crippen LogP contribution in [0.3, 0.4) is 0 Å². The van der Waals surface area contributed by atoms with Gasteiger partial charge in [-0.3, -0.25) is 4.79 Å². The molecule has 4 heteroatoms. The molecule has 0 saturated heterocycles. The minimum absolute atomic E-state index is 0.142. The molecule has 0 radical (unpaired) electrons. The number of benzene rings is 1. The number of halogens is 1. The Hall–Kier alpha value is -1.68. The van der Waals surface area contributed by atoms with Gasteiger partial charge in [-0.25, -0.2) is 4.39 Å². The summed E-state index contributed by atoms with van der Waals surface area (Å²) in [7, 11) is 1.39. The van der Waals surface area contributed by atoms with E-state index in [2.05, 4.69) is 0 Å². The van der Waals surface area contributed by atoms with E-state index in [-0.39, 0.29) is 11.5 Å². The zero-order chi connectivity index (χ0) is 12.4. The first-order valence-electron chi connectivity index (χ1n) is 5.04. The fourth-order valence-electron chi connectivity index (χ4n) is 1.56. The van der Waals surface area contributed by atoms with E-state index in [9.17, 15) is 9.18 Å². The van der Waals surface area contributed by atoms with Gasteiger partial charge < -0.3 is 4.74 Å². The number of carbonyl (C=O) groups is 1. The number of hydrogen-bond acceptors (Lipinski definition) is 3. The van der Waals surface area contributed by atoms with E-state index in [1.54, 1.807) is 11.4 Å². The molecular formula is C13H11FO2S. The predicted molar refractivity (Wildman–Crippen MR) is 65.4 cm³/mol. The Kier molecular flexibility index (Phi) is 3.24. The van der Waals surface area contributed by atoms with Crippen LogP contribution in [-0.2, 0) is 0 Å². The molecule has 0 saturated carbocycles. The highest BCUT2D eigenvalue weighted by atomic mass is 32.1. The molecule has 88 valence electrons. The van der Waals surface area contributed by atoms with Crippen molar-refractivity contribution in [2.75, 3.05) is 7.11 Å². The van der Waals surface area contributed by atoms with Crippen LogP contribution in [0, 0.1) is 12.7 Å². The Morgan fingerprint density at radius 3 is 2.65 bits per heavy atom. The van der Waals surface area contributed by atoms with Crippen LogP contribution in [0.25, 0.3) is 0 Å². The van der Waals surface area contributed by atoms with Crippen molar-refractivity contribution in [1.82, 2.24) is 0 Å². The third-order valence-corrected chi connectivity index (χ3v) is 3.38. The van der Waals surface area contributed by atoms with Gasteiger partial charge in [-0.15, -0.1) is 0 Å². The average Bonchev–Trinajstić information content (AvgIpc) is 2.74. The lowest BCUT2D eigenvalue weighted by Crippen LogP contribution is -2.02. The normalized spacial score (nSPS) is 10.3. The number of methoxy groups -OCH3 is 1. The first-order valence-corrected chi connectivity index (χ1v) is 5.99. The second-order valence-corrected chi connectivity index (χ2v) is 4.39. The van der Waals surface area contributed by atoms with E-state index in [4.69, 9.17) is 4.74 Å². The summed E-state index contributed by atoms with van der Waals surface area (Å²) in [5.41, 5.74) is 1.88. The molecule has 2 aromatic rings. The molecule has 0 spiro atoms. The number of ether oxygens (including phenoxy) is 1. The zero-order valence-electron chi connectivity index (χ0n) is 9.49. The number of carbonyl (C=O) groups excluding carboxylic acids is 1. The molecule has 0 aliphatic rings. The second kappa shape index (κ2) is 4.67. The largest absolute Gasteiger partial charge is 0.494 e. The quantitative estimate of drug-likeness (QED) is 0.780. The van der Waals surface area contributed by atoms with Gasteiger partial charge in [0.2, 0.25) is 0 Å². The number of aryl methyl sites for hydroxylation is 1. The highest BCUT2D eigenvalue weighted by Crippen LogP contribution is 2.22. The molecule has 2 nitrogen and oxygen atoms in total. The van der Waals surface area contributed by atoms with Crippen molar-refractivity contribution in [3.8, 4) is 5.75 Å². The minimum Gasteiger partial charge on any atom is -0.494 e. The van der Waals surface area contributed by atoms with E-state index in [1.807, 2.05) is 12.3 Å². The summed E-state index contributed by atoms with van der Waals surface area (Å²) in [6.07, 6.45) is 0. The summed E-state index contributed by atoms with van der Waals surface area (Å²) in [6, 6.07) is 4.24. The van der Waals surface area contributed by atoms with Crippen molar-refractivity contribution in [3.05, 3.63) is 51.5 Å². The molecule has 1 aromatic carbocycles. The summed E-state index contributed by atoms with van der Waals surface area (Å²) < 4.78 is 18.3. The molecule has 0 aliphatic heterocycles. The lowest BCUT2D eigenvalue weighted by Gasteiger charge is -2.04. The van der Waals surface area contributed by atoms with Crippen molar-refractivity contribution in [3.63, 3.8) is 0 Å². The molecule has 2 rings (SSSR count). The van der Waals surface area contributed by atoms with E-state index in [1.165, 1.54) is 30.6 Å². The number of thiophene rings is 1. The van der Waals surface area contributed by atoms with Crippen LogP contribution in [-0.4, -0.2) is 12.9 Å². The third kappa shape index (κ3) is 2.22. The van der Waals surface area contributed by atoms with Crippen LogP contribution >= 0.6 is 11.3 Å². The first-order chi connectivity index (χ1) is 8.13. The van der Waals surface area contributed by atoms with Gasteiger partial charge in [0, 0.05) is 16.5 Å². The topological polar surface area (TPSA) is 26.3 Å². The maximum Gasteiger partial charge on any atom is 0.194 e. The summed E-state index contributed by atoms with van der Waals surface area (Å²) >= 11 is 1.46.